The standard InChI is InChI=1S/C10H6F4O2/c11-5-8(15)10(13,14)9(16)6-2-1-3-7(12)4-6/h1-4H,5H2. The van der Waals surface area contributed by atoms with Crippen molar-refractivity contribution in [1.82, 2.24) is 0 Å². The van der Waals surface area contributed by atoms with Gasteiger partial charge in [0, 0.05) is 5.56 Å². The smallest absolute Gasteiger partial charge is 0.289 e. The van der Waals surface area contributed by atoms with Crippen LogP contribution < -0.4 is 0 Å². The average Bonchev–Trinajstić information content (AvgIpc) is 2.26. The van der Waals surface area contributed by atoms with Crippen LogP contribution in [0.25, 0.3) is 0 Å². The van der Waals surface area contributed by atoms with Crippen molar-refractivity contribution >= 4 is 11.6 Å². The van der Waals surface area contributed by atoms with Crippen LogP contribution in [0.1, 0.15) is 10.4 Å². The van der Waals surface area contributed by atoms with E-state index < -0.39 is 35.5 Å². The Morgan fingerprint density at radius 1 is 1.25 bits per heavy atom. The second-order valence-corrected chi connectivity index (χ2v) is 2.97. The Labute approximate surface area is 87.9 Å². The lowest BCUT2D eigenvalue weighted by Gasteiger charge is -2.11. The monoisotopic (exact) mass is 234 g/mol. The van der Waals surface area contributed by atoms with Gasteiger partial charge in [-0.1, -0.05) is 12.1 Å². The predicted molar refractivity (Wildman–Crippen MR) is 46.7 cm³/mol. The number of halogens is 4. The summed E-state index contributed by atoms with van der Waals surface area (Å²) in [7, 11) is 0. The van der Waals surface area contributed by atoms with Gasteiger partial charge in [0.25, 0.3) is 0 Å². The van der Waals surface area contributed by atoms with Crippen LogP contribution in [0.15, 0.2) is 24.3 Å². The molecule has 0 heterocycles. The Kier molecular flexibility index (Phi) is 3.41. The van der Waals surface area contributed by atoms with E-state index in [-0.39, 0.29) is 0 Å². The first-order chi connectivity index (χ1) is 7.39. The Morgan fingerprint density at radius 3 is 2.38 bits per heavy atom. The maximum atomic E-state index is 13.0. The molecule has 0 radical (unpaired) electrons. The second kappa shape index (κ2) is 4.42. The molecular formula is C10H6F4O2. The molecule has 2 nitrogen and oxygen atoms in total. The Balaban J connectivity index is 3.07. The van der Waals surface area contributed by atoms with Crippen LogP contribution in [0, 0.1) is 5.82 Å². The normalized spacial score (nSPS) is 11.2. The highest BCUT2D eigenvalue weighted by Gasteiger charge is 2.46. The summed E-state index contributed by atoms with van der Waals surface area (Å²) in [6.45, 7) is -1.95. The molecule has 0 aliphatic carbocycles. The number of carbonyl (C=O) groups excluding carboxylic acids is 2. The van der Waals surface area contributed by atoms with Gasteiger partial charge in [-0.05, 0) is 12.1 Å². The zero-order chi connectivity index (χ0) is 12.3. The number of Topliss-reactive ketones (excluding diaryl/α,β-unsaturated/α-hetero) is 2. The fourth-order valence-corrected chi connectivity index (χ4v) is 1.02. The third-order valence-corrected chi connectivity index (χ3v) is 1.84. The second-order valence-electron chi connectivity index (χ2n) is 2.97. The van der Waals surface area contributed by atoms with Gasteiger partial charge in [0.15, 0.2) is 6.67 Å². The molecule has 0 unspecified atom stereocenters. The maximum Gasteiger partial charge on any atom is 0.369 e. The highest BCUT2D eigenvalue weighted by Crippen LogP contribution is 2.22. The third-order valence-electron chi connectivity index (χ3n) is 1.84. The minimum absolute atomic E-state index is 0.557. The first-order valence-corrected chi connectivity index (χ1v) is 4.17. The van der Waals surface area contributed by atoms with Crippen molar-refractivity contribution in [2.75, 3.05) is 6.67 Å². The Hall–Kier alpha value is -1.72. The molecule has 86 valence electrons. The minimum Gasteiger partial charge on any atom is -0.289 e. The van der Waals surface area contributed by atoms with Crippen LogP contribution in [-0.4, -0.2) is 24.2 Å². The number of carbonyl (C=O) groups is 2. The van der Waals surface area contributed by atoms with Gasteiger partial charge < -0.3 is 0 Å². The number of benzene rings is 1. The molecule has 0 aromatic heterocycles. The first kappa shape index (κ1) is 12.4. The zero-order valence-corrected chi connectivity index (χ0v) is 7.84. The van der Waals surface area contributed by atoms with Crippen molar-refractivity contribution < 1.29 is 27.2 Å². The molecule has 16 heavy (non-hydrogen) atoms. The highest BCUT2D eigenvalue weighted by atomic mass is 19.3. The zero-order valence-electron chi connectivity index (χ0n) is 7.84. The molecule has 0 spiro atoms. The van der Waals surface area contributed by atoms with Gasteiger partial charge >= 0.3 is 5.92 Å². The van der Waals surface area contributed by atoms with Crippen molar-refractivity contribution in [3.05, 3.63) is 35.6 Å². The molecule has 0 fully saturated rings. The molecule has 0 aliphatic rings. The lowest BCUT2D eigenvalue weighted by atomic mass is 10.0. The van der Waals surface area contributed by atoms with Crippen molar-refractivity contribution in [1.29, 1.82) is 0 Å². The number of ketones is 2. The van der Waals surface area contributed by atoms with Crippen molar-refractivity contribution in [2.24, 2.45) is 0 Å². The lowest BCUT2D eigenvalue weighted by molar-refractivity contribution is -0.137. The summed E-state index contributed by atoms with van der Waals surface area (Å²) in [5.74, 6) is -9.39. The van der Waals surface area contributed by atoms with E-state index in [1.165, 1.54) is 0 Å². The van der Waals surface area contributed by atoms with Crippen molar-refractivity contribution in [3.63, 3.8) is 0 Å². The minimum atomic E-state index is -4.46. The summed E-state index contributed by atoms with van der Waals surface area (Å²) in [6, 6.07) is 3.47. The van der Waals surface area contributed by atoms with Gasteiger partial charge in [-0.3, -0.25) is 9.59 Å². The fraction of sp³-hybridized carbons (Fsp3) is 0.200. The molecule has 0 atom stereocenters. The SMILES string of the molecule is O=C(CF)C(F)(F)C(=O)c1cccc(F)c1. The van der Waals surface area contributed by atoms with Crippen LogP contribution in [0.5, 0.6) is 0 Å². The van der Waals surface area contributed by atoms with Gasteiger partial charge in [0.05, 0.1) is 0 Å². The average molecular weight is 234 g/mol. The summed E-state index contributed by atoms with van der Waals surface area (Å²) in [4.78, 5) is 21.6. The molecule has 0 N–H and O–H groups in total. The Bertz CT molecular complexity index is 429. The van der Waals surface area contributed by atoms with Crippen molar-refractivity contribution in [2.45, 2.75) is 5.92 Å². The summed E-state index contributed by atoms with van der Waals surface area (Å²) < 4.78 is 50.4. The third kappa shape index (κ3) is 2.26. The van der Waals surface area contributed by atoms with E-state index in [9.17, 15) is 27.2 Å². The van der Waals surface area contributed by atoms with Gasteiger partial charge in [0.2, 0.25) is 11.6 Å². The molecule has 1 aromatic carbocycles. The molecule has 1 aromatic rings. The van der Waals surface area contributed by atoms with E-state index in [0.717, 1.165) is 18.2 Å². The van der Waals surface area contributed by atoms with Crippen LogP contribution in [0.3, 0.4) is 0 Å². The van der Waals surface area contributed by atoms with Crippen LogP contribution in [0.4, 0.5) is 17.6 Å². The largest absolute Gasteiger partial charge is 0.369 e. The van der Waals surface area contributed by atoms with Crippen LogP contribution in [-0.2, 0) is 4.79 Å². The fourth-order valence-electron chi connectivity index (χ4n) is 1.02. The van der Waals surface area contributed by atoms with Gasteiger partial charge in [0.1, 0.15) is 5.82 Å². The van der Waals surface area contributed by atoms with Gasteiger partial charge in [-0.25, -0.2) is 8.78 Å². The van der Waals surface area contributed by atoms with E-state index >= 15 is 0 Å². The predicted octanol–water partition coefficient (Wildman–Crippen LogP) is 2.18. The molecule has 0 bridgehead atoms. The van der Waals surface area contributed by atoms with E-state index in [0.29, 0.717) is 6.07 Å². The summed E-state index contributed by atoms with van der Waals surface area (Å²) in [5, 5.41) is 0. The maximum absolute atomic E-state index is 13.0. The van der Waals surface area contributed by atoms with E-state index in [1.54, 1.807) is 0 Å². The van der Waals surface area contributed by atoms with E-state index in [2.05, 4.69) is 0 Å². The van der Waals surface area contributed by atoms with Crippen LogP contribution in [0.2, 0.25) is 0 Å². The van der Waals surface area contributed by atoms with E-state index in [4.69, 9.17) is 0 Å². The first-order valence-electron chi connectivity index (χ1n) is 4.17. The molecule has 0 saturated carbocycles. The molecule has 6 heteroatoms. The van der Waals surface area contributed by atoms with Gasteiger partial charge in [-0.15, -0.1) is 0 Å². The number of rotatable bonds is 4. The number of hydrogen-bond acceptors (Lipinski definition) is 2. The molecule has 0 amide bonds. The van der Waals surface area contributed by atoms with Gasteiger partial charge in [-0.2, -0.15) is 8.78 Å². The number of alkyl halides is 3. The summed E-state index contributed by atoms with van der Waals surface area (Å²) >= 11 is 0. The quantitative estimate of drug-likeness (QED) is 0.454. The summed E-state index contributed by atoms with van der Waals surface area (Å²) in [5.41, 5.74) is -0.674. The highest BCUT2D eigenvalue weighted by molar-refractivity contribution is 6.16. The topological polar surface area (TPSA) is 34.1 Å². The summed E-state index contributed by atoms with van der Waals surface area (Å²) in [6.07, 6.45) is 0. The molecule has 1 rings (SSSR count). The molecule has 0 aliphatic heterocycles. The molecular weight excluding hydrogens is 228 g/mol. The van der Waals surface area contributed by atoms with Crippen LogP contribution >= 0.6 is 0 Å². The lowest BCUT2D eigenvalue weighted by Crippen LogP contribution is -2.39. The molecule has 0 saturated heterocycles. The number of hydrogen-bond donors (Lipinski definition) is 0. The van der Waals surface area contributed by atoms with Crippen molar-refractivity contribution in [3.8, 4) is 0 Å². The Morgan fingerprint density at radius 2 is 1.88 bits per heavy atom. The van der Waals surface area contributed by atoms with E-state index in [1.807, 2.05) is 0 Å².